The average Bonchev–Trinajstić information content (AvgIpc) is 3.56. The molecule has 3 unspecified atom stereocenters. The van der Waals surface area contributed by atoms with Crippen LogP contribution in [0.15, 0.2) is 34.1 Å². The molecule has 0 radical (unpaired) electrons. The highest BCUT2D eigenvalue weighted by molar-refractivity contribution is 6.24. The molecule has 8 nitrogen and oxygen atoms in total. The van der Waals surface area contributed by atoms with E-state index in [1.807, 2.05) is 32.1 Å². The van der Waals surface area contributed by atoms with Crippen molar-refractivity contribution in [3.63, 3.8) is 0 Å². The summed E-state index contributed by atoms with van der Waals surface area (Å²) in [4.78, 5) is 36.5. The SMILES string of the molecule is C=Cc1c2[nH]c(c1C)/C=C1N=C(/C(CC(=O)O)=c3\[nH]/c(c(C)c3C(=O)O)=C\C3N/C(=C\2)C(C)=C3CC)C(C)C\1C. The van der Waals surface area contributed by atoms with E-state index in [-0.39, 0.29) is 29.9 Å². The molecule has 3 aliphatic heterocycles. The molecule has 0 saturated carbocycles. The summed E-state index contributed by atoms with van der Waals surface area (Å²) in [5.74, 6) is -2.26. The molecule has 5 rings (SSSR count). The predicted molar refractivity (Wildman–Crippen MR) is 159 cm³/mol. The molecule has 0 saturated heterocycles. The molecule has 208 valence electrons. The summed E-state index contributed by atoms with van der Waals surface area (Å²) in [6.07, 6.45) is 8.46. The monoisotopic (exact) mass is 540 g/mol. The van der Waals surface area contributed by atoms with Gasteiger partial charge in [-0.15, -0.1) is 0 Å². The number of aliphatic imine (C=N–C) groups is 1. The lowest BCUT2D eigenvalue weighted by atomic mass is 9.87. The maximum Gasteiger partial charge on any atom is 0.338 e. The minimum Gasteiger partial charge on any atom is -0.481 e. The number of hydrogen-bond donors (Lipinski definition) is 5. The topological polar surface area (TPSA) is 131 Å². The van der Waals surface area contributed by atoms with E-state index in [1.54, 1.807) is 6.92 Å². The first-order valence-corrected chi connectivity index (χ1v) is 13.7. The summed E-state index contributed by atoms with van der Waals surface area (Å²) in [6, 6.07) is -0.157. The highest BCUT2D eigenvalue weighted by atomic mass is 16.4. The van der Waals surface area contributed by atoms with Crippen molar-refractivity contribution in [1.82, 2.24) is 15.3 Å². The van der Waals surface area contributed by atoms with Crippen molar-refractivity contribution in [3.8, 4) is 0 Å². The van der Waals surface area contributed by atoms with Gasteiger partial charge in [0.25, 0.3) is 0 Å². The predicted octanol–water partition coefficient (Wildman–Crippen LogP) is 4.53. The first-order valence-electron chi connectivity index (χ1n) is 13.7. The zero-order valence-corrected chi connectivity index (χ0v) is 23.8. The van der Waals surface area contributed by atoms with Gasteiger partial charge < -0.3 is 25.5 Å². The molecule has 5 N–H and O–H groups in total. The van der Waals surface area contributed by atoms with E-state index in [2.05, 4.69) is 48.7 Å². The van der Waals surface area contributed by atoms with E-state index < -0.39 is 11.9 Å². The first-order chi connectivity index (χ1) is 19.0. The number of fused-ring (bicyclic) bond motifs is 7. The Morgan fingerprint density at radius 3 is 2.40 bits per heavy atom. The summed E-state index contributed by atoms with van der Waals surface area (Å²) in [5, 5.41) is 24.8. The standard InChI is InChI=1S/C32H36N4O4/c1-8-19-16(5)23-11-22-14(3)15(4)30(35-22)21(10-28(37)38)31-29(32(39)40)18(7)25(36-31)13-27-20(9-2)17(6)24(34-27)12-26(19)33-23/h8,11-15,27,33-34,36H,1,9-10H2,2-7H3,(H,37,38)(H,39,40)/b22-11-,24-12-,25-13-,31-21-. The third-order valence-electron chi connectivity index (χ3n) is 8.78. The van der Waals surface area contributed by atoms with Gasteiger partial charge in [0.1, 0.15) is 0 Å². The number of allylic oxidation sites excluding steroid dienone is 2. The number of aromatic nitrogens is 2. The van der Waals surface area contributed by atoms with Crippen molar-refractivity contribution >= 4 is 47.5 Å². The second-order valence-electron chi connectivity index (χ2n) is 11.0. The van der Waals surface area contributed by atoms with Crippen LogP contribution < -0.4 is 16.0 Å². The molecular formula is C32H36N4O4. The van der Waals surface area contributed by atoms with Crippen LogP contribution in [0.3, 0.4) is 0 Å². The Labute approximate surface area is 233 Å². The molecule has 5 heterocycles. The number of carbonyl (C=O) groups is 2. The smallest absolute Gasteiger partial charge is 0.338 e. The van der Waals surface area contributed by atoms with Gasteiger partial charge in [-0.25, -0.2) is 4.79 Å². The Morgan fingerprint density at radius 1 is 1.05 bits per heavy atom. The molecule has 0 amide bonds. The van der Waals surface area contributed by atoms with E-state index >= 15 is 0 Å². The van der Waals surface area contributed by atoms with Crippen LogP contribution in [0.4, 0.5) is 0 Å². The fourth-order valence-electron chi connectivity index (χ4n) is 6.25. The van der Waals surface area contributed by atoms with Crippen LogP contribution in [0.25, 0.3) is 29.9 Å². The normalized spacial score (nSPS) is 26.7. The summed E-state index contributed by atoms with van der Waals surface area (Å²) in [6.45, 7) is 16.2. The number of aliphatic carboxylic acids is 1. The highest BCUT2D eigenvalue weighted by Gasteiger charge is 2.33. The average molecular weight is 541 g/mol. The van der Waals surface area contributed by atoms with Crippen molar-refractivity contribution in [2.45, 2.75) is 60.4 Å². The molecule has 2 aromatic heterocycles. The molecule has 40 heavy (non-hydrogen) atoms. The fourth-order valence-corrected chi connectivity index (χ4v) is 6.25. The molecule has 2 aromatic rings. The Morgan fingerprint density at radius 2 is 1.77 bits per heavy atom. The van der Waals surface area contributed by atoms with E-state index in [0.29, 0.717) is 27.5 Å². The van der Waals surface area contributed by atoms with Crippen molar-refractivity contribution in [1.29, 1.82) is 0 Å². The number of H-pyrrole nitrogens is 2. The van der Waals surface area contributed by atoms with Gasteiger partial charge in [-0.1, -0.05) is 33.4 Å². The Balaban J connectivity index is 1.93. The Hall–Kier alpha value is -4.33. The van der Waals surface area contributed by atoms with Gasteiger partial charge in [0, 0.05) is 51.1 Å². The van der Waals surface area contributed by atoms with Gasteiger partial charge in [0.2, 0.25) is 0 Å². The highest BCUT2D eigenvalue weighted by Crippen LogP contribution is 2.37. The third kappa shape index (κ3) is 4.28. The zero-order valence-electron chi connectivity index (χ0n) is 23.8. The minimum atomic E-state index is -1.10. The molecule has 8 bridgehead atoms. The molecule has 0 aliphatic carbocycles. The lowest BCUT2D eigenvalue weighted by Gasteiger charge is -2.14. The number of carboxylic acid groups (broad SMARTS) is 2. The number of aromatic carboxylic acids is 1. The molecule has 0 spiro atoms. The molecule has 3 atom stereocenters. The van der Waals surface area contributed by atoms with E-state index in [0.717, 1.165) is 45.9 Å². The number of nitrogens with zero attached hydrogens (tertiary/aromatic N) is 1. The van der Waals surface area contributed by atoms with Crippen LogP contribution in [-0.4, -0.2) is 43.9 Å². The summed E-state index contributed by atoms with van der Waals surface area (Å²) < 4.78 is 0. The van der Waals surface area contributed by atoms with Gasteiger partial charge in [-0.05, 0) is 67.7 Å². The van der Waals surface area contributed by atoms with Crippen LogP contribution in [-0.2, 0) is 4.79 Å². The molecule has 0 fully saturated rings. The number of hydrogen-bond acceptors (Lipinski definition) is 4. The maximum atomic E-state index is 12.6. The van der Waals surface area contributed by atoms with Gasteiger partial charge in [-0.2, -0.15) is 0 Å². The van der Waals surface area contributed by atoms with Crippen LogP contribution in [0.2, 0.25) is 0 Å². The lowest BCUT2D eigenvalue weighted by molar-refractivity contribution is -0.135. The van der Waals surface area contributed by atoms with Crippen LogP contribution in [0.5, 0.6) is 0 Å². The number of rotatable bonds is 5. The lowest BCUT2D eigenvalue weighted by Crippen LogP contribution is -2.28. The van der Waals surface area contributed by atoms with E-state index in [1.165, 1.54) is 5.57 Å². The summed E-state index contributed by atoms with van der Waals surface area (Å²) in [5.41, 5.74) is 9.71. The molecule has 8 heteroatoms. The van der Waals surface area contributed by atoms with Crippen molar-refractivity contribution in [2.24, 2.45) is 16.8 Å². The van der Waals surface area contributed by atoms with E-state index in [9.17, 15) is 19.8 Å². The van der Waals surface area contributed by atoms with Crippen LogP contribution >= 0.6 is 0 Å². The van der Waals surface area contributed by atoms with Gasteiger partial charge >= 0.3 is 11.9 Å². The first kappa shape index (κ1) is 27.2. The van der Waals surface area contributed by atoms with E-state index in [4.69, 9.17) is 4.99 Å². The number of carboxylic acids is 2. The van der Waals surface area contributed by atoms with Crippen molar-refractivity contribution in [2.75, 3.05) is 0 Å². The Bertz CT molecular complexity index is 1720. The van der Waals surface area contributed by atoms with Gasteiger partial charge in [0.05, 0.1) is 29.1 Å². The second kappa shape index (κ2) is 10.0. The third-order valence-corrected chi connectivity index (χ3v) is 8.78. The molecular weight excluding hydrogens is 504 g/mol. The zero-order chi connectivity index (χ0) is 29.0. The summed E-state index contributed by atoms with van der Waals surface area (Å²) in [7, 11) is 0. The quantitative estimate of drug-likeness (QED) is 0.380. The summed E-state index contributed by atoms with van der Waals surface area (Å²) >= 11 is 0. The second-order valence-corrected chi connectivity index (χ2v) is 11.0. The minimum absolute atomic E-state index is 0.00324. The molecule has 3 aliphatic rings. The maximum absolute atomic E-state index is 12.6. The van der Waals surface area contributed by atoms with Gasteiger partial charge in [-0.3, -0.25) is 9.79 Å². The van der Waals surface area contributed by atoms with Crippen molar-refractivity contribution < 1.29 is 19.8 Å². The van der Waals surface area contributed by atoms with Crippen LogP contribution in [0, 0.1) is 25.7 Å². The van der Waals surface area contributed by atoms with Crippen LogP contribution in [0.1, 0.15) is 79.0 Å². The largest absolute Gasteiger partial charge is 0.481 e. The Kier molecular flexibility index (Phi) is 6.82. The number of aromatic amines is 2. The van der Waals surface area contributed by atoms with Gasteiger partial charge in [0.15, 0.2) is 0 Å². The van der Waals surface area contributed by atoms with Crippen molar-refractivity contribution in [3.05, 3.63) is 73.5 Å². The fraction of sp³-hybridized carbons (Fsp3) is 0.344. The number of nitrogens with one attached hydrogen (secondary N) is 3. The molecule has 0 aromatic carbocycles.